The van der Waals surface area contributed by atoms with Crippen LogP contribution in [0.2, 0.25) is 0 Å². The highest BCUT2D eigenvalue weighted by molar-refractivity contribution is 5.88. The van der Waals surface area contributed by atoms with Gasteiger partial charge in [0.05, 0.1) is 0 Å². The molecule has 16 heavy (non-hydrogen) atoms. The maximum absolute atomic E-state index is 10.8. The first-order valence-corrected chi connectivity index (χ1v) is 4.60. The van der Waals surface area contributed by atoms with E-state index >= 15 is 0 Å². The fourth-order valence-corrected chi connectivity index (χ4v) is 1.40. The number of hydrogen-bond acceptors (Lipinski definition) is 4. The molecule has 0 spiro atoms. The van der Waals surface area contributed by atoms with E-state index in [4.69, 9.17) is 5.11 Å². The second kappa shape index (κ2) is 4.16. The Kier molecular flexibility index (Phi) is 2.70. The van der Waals surface area contributed by atoms with E-state index in [2.05, 4.69) is 9.68 Å². The lowest BCUT2D eigenvalue weighted by Crippen LogP contribution is -2.06. The summed E-state index contributed by atoms with van der Waals surface area (Å²) in [5, 5.41) is 22.3. The average Bonchev–Trinajstić information content (AvgIpc) is 2.78. The standard InChI is InChI=1S/C11H9NO4/c13-10(7-4-2-1-3-5-7)9-8(11(14)15)6-16-12-9/h1-6,10,13H,(H,14,15)/t10-/m1/s1. The van der Waals surface area contributed by atoms with Gasteiger partial charge in [-0.25, -0.2) is 4.79 Å². The highest BCUT2D eigenvalue weighted by Gasteiger charge is 2.22. The Labute approximate surface area is 90.9 Å². The number of rotatable bonds is 3. The zero-order valence-corrected chi connectivity index (χ0v) is 8.20. The minimum absolute atomic E-state index is 0.0127. The van der Waals surface area contributed by atoms with Crippen molar-refractivity contribution >= 4 is 5.97 Å². The fraction of sp³-hybridized carbons (Fsp3) is 0.0909. The lowest BCUT2D eigenvalue weighted by Gasteiger charge is -2.07. The molecule has 0 radical (unpaired) electrons. The first-order valence-electron chi connectivity index (χ1n) is 4.60. The molecule has 1 atom stereocenters. The van der Waals surface area contributed by atoms with E-state index in [-0.39, 0.29) is 11.3 Å². The molecule has 0 aliphatic carbocycles. The summed E-state index contributed by atoms with van der Waals surface area (Å²) < 4.78 is 4.56. The molecule has 2 aromatic rings. The number of aliphatic hydroxyl groups excluding tert-OH is 1. The summed E-state index contributed by atoms with van der Waals surface area (Å²) in [5.41, 5.74) is 0.453. The van der Waals surface area contributed by atoms with Gasteiger partial charge in [0.15, 0.2) is 0 Å². The van der Waals surface area contributed by atoms with Gasteiger partial charge in [0.2, 0.25) is 0 Å². The number of nitrogens with zero attached hydrogens (tertiary/aromatic N) is 1. The lowest BCUT2D eigenvalue weighted by atomic mass is 10.0. The number of carboxylic acids is 1. The number of aliphatic hydroxyl groups is 1. The quantitative estimate of drug-likeness (QED) is 0.816. The Morgan fingerprint density at radius 2 is 2.00 bits per heavy atom. The molecule has 0 saturated carbocycles. The normalized spacial score (nSPS) is 12.3. The van der Waals surface area contributed by atoms with Crippen molar-refractivity contribution in [3.05, 3.63) is 53.4 Å². The number of hydrogen-bond donors (Lipinski definition) is 2. The molecule has 0 bridgehead atoms. The predicted octanol–water partition coefficient (Wildman–Crippen LogP) is 1.45. The van der Waals surface area contributed by atoms with Crippen LogP contribution in [0.25, 0.3) is 0 Å². The molecule has 5 nitrogen and oxygen atoms in total. The molecule has 1 aromatic carbocycles. The Hall–Kier alpha value is -2.14. The SMILES string of the molecule is O=C(O)c1conc1[C@H](O)c1ccccc1. The summed E-state index contributed by atoms with van der Waals surface area (Å²) in [4.78, 5) is 10.8. The molecule has 5 heteroatoms. The molecule has 0 saturated heterocycles. The van der Waals surface area contributed by atoms with Crippen molar-refractivity contribution in [1.29, 1.82) is 0 Å². The highest BCUT2D eigenvalue weighted by Crippen LogP contribution is 2.23. The Balaban J connectivity index is 2.38. The highest BCUT2D eigenvalue weighted by atomic mass is 16.5. The summed E-state index contributed by atoms with van der Waals surface area (Å²) in [6.07, 6.45) is -0.0878. The third-order valence-corrected chi connectivity index (χ3v) is 2.20. The van der Waals surface area contributed by atoms with Gasteiger partial charge >= 0.3 is 5.97 Å². The molecule has 82 valence electrons. The van der Waals surface area contributed by atoms with E-state index in [0.717, 1.165) is 6.26 Å². The second-order valence-electron chi connectivity index (χ2n) is 3.23. The van der Waals surface area contributed by atoms with Crippen LogP contribution < -0.4 is 0 Å². The number of aromatic nitrogens is 1. The Morgan fingerprint density at radius 3 is 2.62 bits per heavy atom. The van der Waals surface area contributed by atoms with Crippen LogP contribution >= 0.6 is 0 Å². The van der Waals surface area contributed by atoms with Crippen molar-refractivity contribution < 1.29 is 19.5 Å². The maximum Gasteiger partial charge on any atom is 0.341 e. The van der Waals surface area contributed by atoms with Gasteiger partial charge in [-0.3, -0.25) is 0 Å². The molecule has 1 aromatic heterocycles. The van der Waals surface area contributed by atoms with Crippen molar-refractivity contribution in [3.63, 3.8) is 0 Å². The van der Waals surface area contributed by atoms with Gasteiger partial charge in [-0.2, -0.15) is 0 Å². The zero-order valence-electron chi connectivity index (χ0n) is 8.20. The van der Waals surface area contributed by atoms with Crippen LogP contribution in [0.5, 0.6) is 0 Å². The van der Waals surface area contributed by atoms with Crippen LogP contribution in [-0.2, 0) is 0 Å². The van der Waals surface area contributed by atoms with Gasteiger partial charge in [-0.05, 0) is 5.56 Å². The van der Waals surface area contributed by atoms with Crippen molar-refractivity contribution in [2.75, 3.05) is 0 Å². The van der Waals surface area contributed by atoms with Gasteiger partial charge in [0, 0.05) is 0 Å². The zero-order chi connectivity index (χ0) is 11.5. The van der Waals surface area contributed by atoms with Crippen LogP contribution in [-0.4, -0.2) is 21.3 Å². The minimum Gasteiger partial charge on any atom is -0.478 e. The van der Waals surface area contributed by atoms with E-state index in [1.54, 1.807) is 30.3 Å². The van der Waals surface area contributed by atoms with Crippen molar-refractivity contribution in [2.24, 2.45) is 0 Å². The van der Waals surface area contributed by atoms with Gasteiger partial charge in [0.1, 0.15) is 23.6 Å². The van der Waals surface area contributed by atoms with Gasteiger partial charge in [-0.15, -0.1) is 0 Å². The van der Waals surface area contributed by atoms with Crippen LogP contribution in [0.15, 0.2) is 41.1 Å². The third-order valence-electron chi connectivity index (χ3n) is 2.20. The van der Waals surface area contributed by atoms with E-state index in [9.17, 15) is 9.90 Å². The molecule has 0 aliphatic rings. The summed E-state index contributed by atoms with van der Waals surface area (Å²) in [6.45, 7) is 0. The third kappa shape index (κ3) is 1.80. The van der Waals surface area contributed by atoms with Crippen molar-refractivity contribution in [3.8, 4) is 0 Å². The Morgan fingerprint density at radius 1 is 1.31 bits per heavy atom. The molecule has 0 amide bonds. The topological polar surface area (TPSA) is 83.6 Å². The summed E-state index contributed by atoms with van der Waals surface area (Å²) in [6, 6.07) is 8.67. The molecular weight excluding hydrogens is 210 g/mol. The minimum atomic E-state index is -1.17. The van der Waals surface area contributed by atoms with Crippen LogP contribution in [0, 0.1) is 0 Å². The first-order chi connectivity index (χ1) is 7.70. The van der Waals surface area contributed by atoms with Crippen LogP contribution in [0.3, 0.4) is 0 Å². The largest absolute Gasteiger partial charge is 0.478 e. The van der Waals surface area contributed by atoms with Gasteiger partial charge in [-0.1, -0.05) is 35.5 Å². The molecule has 2 N–H and O–H groups in total. The van der Waals surface area contributed by atoms with Gasteiger partial charge in [0.25, 0.3) is 0 Å². The average molecular weight is 219 g/mol. The van der Waals surface area contributed by atoms with E-state index in [1.807, 2.05) is 0 Å². The summed E-state index contributed by atoms with van der Waals surface area (Å²) in [5.74, 6) is -1.17. The van der Waals surface area contributed by atoms with E-state index < -0.39 is 12.1 Å². The second-order valence-corrected chi connectivity index (χ2v) is 3.23. The van der Waals surface area contributed by atoms with Gasteiger partial charge < -0.3 is 14.7 Å². The number of aromatic carboxylic acids is 1. The molecular formula is C11H9NO4. The predicted molar refractivity (Wildman–Crippen MR) is 54.0 cm³/mol. The lowest BCUT2D eigenvalue weighted by molar-refractivity contribution is 0.0691. The van der Waals surface area contributed by atoms with Crippen molar-refractivity contribution in [1.82, 2.24) is 5.16 Å². The number of benzene rings is 1. The monoisotopic (exact) mass is 219 g/mol. The van der Waals surface area contributed by atoms with E-state index in [1.165, 1.54) is 0 Å². The molecule has 1 heterocycles. The molecule has 0 aliphatic heterocycles. The van der Waals surface area contributed by atoms with Crippen molar-refractivity contribution in [2.45, 2.75) is 6.10 Å². The molecule has 0 unspecified atom stereocenters. The number of carboxylic acid groups (broad SMARTS) is 1. The smallest absolute Gasteiger partial charge is 0.341 e. The summed E-state index contributed by atoms with van der Waals surface area (Å²) >= 11 is 0. The fourth-order valence-electron chi connectivity index (χ4n) is 1.40. The maximum atomic E-state index is 10.8. The number of carbonyl (C=O) groups is 1. The Bertz CT molecular complexity index is 492. The first kappa shape index (κ1) is 10.4. The van der Waals surface area contributed by atoms with Crippen LogP contribution in [0.1, 0.15) is 27.7 Å². The van der Waals surface area contributed by atoms with E-state index in [0.29, 0.717) is 5.56 Å². The van der Waals surface area contributed by atoms with Crippen LogP contribution in [0.4, 0.5) is 0 Å². The molecule has 0 fully saturated rings. The molecule has 2 rings (SSSR count). The summed E-state index contributed by atoms with van der Waals surface area (Å²) in [7, 11) is 0.